The van der Waals surface area contributed by atoms with Crippen molar-refractivity contribution in [1.29, 1.82) is 0 Å². The van der Waals surface area contributed by atoms with E-state index in [4.69, 9.17) is 4.74 Å². The number of methoxy groups -OCH3 is 1. The van der Waals surface area contributed by atoms with Gasteiger partial charge in [-0.2, -0.15) is 0 Å². The molecular formula is C22H20N6O. The number of aryl methyl sites for hydroxylation is 3. The van der Waals surface area contributed by atoms with Gasteiger partial charge in [-0.1, -0.05) is 6.07 Å². The van der Waals surface area contributed by atoms with Crippen LogP contribution < -0.4 is 4.74 Å². The second-order valence-corrected chi connectivity index (χ2v) is 7.07. The first kappa shape index (κ1) is 17.4. The maximum atomic E-state index is 5.26. The Hall–Kier alpha value is -3.74. The lowest BCUT2D eigenvalue weighted by Gasteiger charge is -2.02. The first-order valence-electron chi connectivity index (χ1n) is 9.48. The van der Waals surface area contributed by atoms with E-state index in [0.717, 1.165) is 58.0 Å². The topological polar surface area (TPSA) is 92.4 Å². The minimum Gasteiger partial charge on any atom is -0.497 e. The summed E-state index contributed by atoms with van der Waals surface area (Å²) in [7, 11) is 1.66. The molecule has 7 heteroatoms. The van der Waals surface area contributed by atoms with Crippen molar-refractivity contribution < 1.29 is 4.74 Å². The largest absolute Gasteiger partial charge is 0.497 e. The molecule has 0 fully saturated rings. The first-order valence-corrected chi connectivity index (χ1v) is 9.48. The molecular weight excluding hydrogens is 364 g/mol. The zero-order chi connectivity index (χ0) is 19.8. The summed E-state index contributed by atoms with van der Waals surface area (Å²) in [6.07, 6.45) is 5.08. The Morgan fingerprint density at radius 2 is 1.86 bits per heavy atom. The average Bonchev–Trinajstić information content (AvgIpc) is 3.35. The van der Waals surface area contributed by atoms with Gasteiger partial charge in [0.15, 0.2) is 5.65 Å². The van der Waals surface area contributed by atoms with E-state index in [1.807, 2.05) is 24.3 Å². The van der Waals surface area contributed by atoms with Crippen LogP contribution in [0.1, 0.15) is 17.1 Å². The van der Waals surface area contributed by atoms with Crippen LogP contribution in [0.3, 0.4) is 0 Å². The van der Waals surface area contributed by atoms with Crippen molar-refractivity contribution >= 4 is 22.2 Å². The molecule has 0 aliphatic carbocycles. The van der Waals surface area contributed by atoms with Gasteiger partial charge in [0.05, 0.1) is 23.7 Å². The van der Waals surface area contributed by atoms with Gasteiger partial charge < -0.3 is 14.7 Å². The number of pyridine rings is 2. The van der Waals surface area contributed by atoms with Gasteiger partial charge in [0.1, 0.15) is 17.4 Å². The van der Waals surface area contributed by atoms with E-state index in [1.54, 1.807) is 19.5 Å². The minimum atomic E-state index is 0.703. The summed E-state index contributed by atoms with van der Waals surface area (Å²) in [5, 5.41) is 0. The molecule has 4 aromatic heterocycles. The average molecular weight is 384 g/mol. The molecule has 0 saturated heterocycles. The summed E-state index contributed by atoms with van der Waals surface area (Å²) in [6.45, 7) is 2.07. The third-order valence-electron chi connectivity index (χ3n) is 4.94. The van der Waals surface area contributed by atoms with E-state index < -0.39 is 0 Å². The monoisotopic (exact) mass is 384 g/mol. The number of imidazole rings is 2. The highest BCUT2D eigenvalue weighted by Crippen LogP contribution is 2.23. The molecule has 5 rings (SSSR count). The lowest BCUT2D eigenvalue weighted by Crippen LogP contribution is -1.96. The number of benzene rings is 1. The number of rotatable bonds is 5. The number of hydrogen-bond acceptors (Lipinski definition) is 5. The van der Waals surface area contributed by atoms with Crippen molar-refractivity contribution in [2.75, 3.05) is 7.11 Å². The van der Waals surface area contributed by atoms with Crippen LogP contribution >= 0.6 is 0 Å². The molecule has 0 spiro atoms. The van der Waals surface area contributed by atoms with Crippen LogP contribution in [0.15, 0.2) is 48.8 Å². The molecule has 1 aromatic carbocycles. The van der Waals surface area contributed by atoms with Crippen LogP contribution in [-0.4, -0.2) is 37.0 Å². The molecule has 2 N–H and O–H groups in total. The van der Waals surface area contributed by atoms with Crippen molar-refractivity contribution in [3.63, 3.8) is 0 Å². The van der Waals surface area contributed by atoms with E-state index in [9.17, 15) is 0 Å². The van der Waals surface area contributed by atoms with Gasteiger partial charge in [-0.3, -0.25) is 4.98 Å². The molecule has 0 saturated carbocycles. The summed E-state index contributed by atoms with van der Waals surface area (Å²) in [4.78, 5) is 24.9. The van der Waals surface area contributed by atoms with Crippen LogP contribution in [0.25, 0.3) is 33.6 Å². The van der Waals surface area contributed by atoms with Crippen molar-refractivity contribution in [1.82, 2.24) is 29.9 Å². The minimum absolute atomic E-state index is 0.703. The number of nitrogens with zero attached hydrogens (tertiary/aromatic N) is 4. The van der Waals surface area contributed by atoms with Crippen LogP contribution in [0.2, 0.25) is 0 Å². The quantitative estimate of drug-likeness (QED) is 0.478. The molecule has 4 heterocycles. The van der Waals surface area contributed by atoms with Crippen LogP contribution in [-0.2, 0) is 12.8 Å². The molecule has 0 aliphatic rings. The highest BCUT2D eigenvalue weighted by Gasteiger charge is 2.10. The summed E-state index contributed by atoms with van der Waals surface area (Å²) in [5.74, 6) is 2.50. The molecule has 29 heavy (non-hydrogen) atoms. The third-order valence-corrected chi connectivity index (χ3v) is 4.94. The standard InChI is InChI=1S/C22H20N6O/c1-13-3-5-17-18(9-13)27-21(26-17)14-10-19-22(24-12-14)28-20(25-19)6-4-15-11-16(29-2)7-8-23-15/h3,5,7-12H,4,6H2,1-2H3,(H,26,27)(H,24,25,28). The molecule has 5 aromatic rings. The van der Waals surface area contributed by atoms with E-state index in [-0.39, 0.29) is 0 Å². The highest BCUT2D eigenvalue weighted by atomic mass is 16.5. The number of aromatic amines is 2. The SMILES string of the molecule is COc1ccnc(CCc2nc3ncc(-c4nc5ccc(C)cc5[nH]4)cc3[nH]2)c1. The van der Waals surface area contributed by atoms with E-state index in [0.29, 0.717) is 5.65 Å². The number of ether oxygens (including phenoxy) is 1. The summed E-state index contributed by atoms with van der Waals surface area (Å²) < 4.78 is 5.26. The van der Waals surface area contributed by atoms with Crippen LogP contribution in [0.4, 0.5) is 0 Å². The van der Waals surface area contributed by atoms with E-state index >= 15 is 0 Å². The number of hydrogen-bond donors (Lipinski definition) is 2. The van der Waals surface area contributed by atoms with Gasteiger partial charge in [-0.05, 0) is 43.2 Å². The fourth-order valence-electron chi connectivity index (χ4n) is 3.42. The molecule has 144 valence electrons. The van der Waals surface area contributed by atoms with E-state index in [1.165, 1.54) is 5.56 Å². The number of fused-ring (bicyclic) bond motifs is 2. The van der Waals surface area contributed by atoms with Crippen molar-refractivity contribution in [2.24, 2.45) is 0 Å². The predicted molar refractivity (Wildman–Crippen MR) is 112 cm³/mol. The smallest absolute Gasteiger partial charge is 0.177 e. The second kappa shape index (κ2) is 7.01. The van der Waals surface area contributed by atoms with Gasteiger partial charge >= 0.3 is 0 Å². The van der Waals surface area contributed by atoms with Gasteiger partial charge in [0.25, 0.3) is 0 Å². The molecule has 0 atom stereocenters. The van der Waals surface area contributed by atoms with E-state index in [2.05, 4.69) is 49.0 Å². The molecule has 0 bridgehead atoms. The Kier molecular flexibility index (Phi) is 4.20. The zero-order valence-corrected chi connectivity index (χ0v) is 16.2. The van der Waals surface area contributed by atoms with Gasteiger partial charge in [0.2, 0.25) is 0 Å². The fourth-order valence-corrected chi connectivity index (χ4v) is 3.42. The Bertz CT molecular complexity index is 1320. The molecule has 0 aliphatic heterocycles. The normalized spacial score (nSPS) is 11.4. The molecule has 0 radical (unpaired) electrons. The Morgan fingerprint density at radius 1 is 0.931 bits per heavy atom. The van der Waals surface area contributed by atoms with Gasteiger partial charge in [0, 0.05) is 36.1 Å². The molecule has 0 amide bonds. The summed E-state index contributed by atoms with van der Waals surface area (Å²) in [6, 6.07) is 12.0. The van der Waals surface area contributed by atoms with Crippen molar-refractivity contribution in [3.8, 4) is 17.1 Å². The number of H-pyrrole nitrogens is 2. The second-order valence-electron chi connectivity index (χ2n) is 7.07. The Balaban J connectivity index is 1.40. The van der Waals surface area contributed by atoms with Gasteiger partial charge in [-0.25, -0.2) is 15.0 Å². The molecule has 0 unspecified atom stereocenters. The lowest BCUT2D eigenvalue weighted by molar-refractivity contribution is 0.413. The Labute approximate surface area is 167 Å². The van der Waals surface area contributed by atoms with Crippen LogP contribution in [0, 0.1) is 6.92 Å². The fraction of sp³-hybridized carbons (Fsp3) is 0.182. The highest BCUT2D eigenvalue weighted by molar-refractivity contribution is 5.82. The maximum absolute atomic E-state index is 5.26. The maximum Gasteiger partial charge on any atom is 0.177 e. The van der Waals surface area contributed by atoms with Gasteiger partial charge in [-0.15, -0.1) is 0 Å². The van der Waals surface area contributed by atoms with Crippen molar-refractivity contribution in [2.45, 2.75) is 19.8 Å². The summed E-state index contributed by atoms with van der Waals surface area (Å²) >= 11 is 0. The first-order chi connectivity index (χ1) is 14.2. The molecule has 7 nitrogen and oxygen atoms in total. The zero-order valence-electron chi connectivity index (χ0n) is 16.2. The summed E-state index contributed by atoms with van der Waals surface area (Å²) in [5.41, 5.74) is 6.66. The number of aromatic nitrogens is 6. The predicted octanol–water partition coefficient (Wildman–Crippen LogP) is 4.00. The van der Waals surface area contributed by atoms with Crippen molar-refractivity contribution in [3.05, 3.63) is 65.9 Å². The third kappa shape index (κ3) is 3.42. The Morgan fingerprint density at radius 3 is 2.76 bits per heavy atom. The number of nitrogens with one attached hydrogen (secondary N) is 2. The van der Waals surface area contributed by atoms with Crippen LogP contribution in [0.5, 0.6) is 5.75 Å². The lowest BCUT2D eigenvalue weighted by atomic mass is 10.2.